The molecule has 0 rings (SSSR count). The standard InChI is InChI=1S/C17H28/c1-7-8-12-16(5)17(6)13-15(4)11-9-10-14(2)3/h7,10,12-13,17H,1,8-9,11H2,2-6H3. The van der Waals surface area contributed by atoms with E-state index in [4.69, 9.17) is 0 Å². The molecule has 0 spiro atoms. The number of hydrogen-bond donors (Lipinski definition) is 0. The van der Waals surface area contributed by atoms with Crippen LogP contribution in [0.25, 0.3) is 0 Å². The zero-order valence-electron chi connectivity index (χ0n) is 12.2. The second-order valence-corrected chi connectivity index (χ2v) is 5.09. The molecule has 1 unspecified atom stereocenters. The van der Waals surface area contributed by atoms with E-state index in [0.29, 0.717) is 5.92 Å². The van der Waals surface area contributed by atoms with Gasteiger partial charge in [-0.05, 0) is 52.9 Å². The largest absolute Gasteiger partial charge is 0.103 e. The quantitative estimate of drug-likeness (QED) is 0.484. The Morgan fingerprint density at radius 2 is 1.76 bits per heavy atom. The average molecular weight is 232 g/mol. The van der Waals surface area contributed by atoms with Gasteiger partial charge < -0.3 is 0 Å². The van der Waals surface area contributed by atoms with Crippen molar-refractivity contribution in [3.05, 3.63) is 47.6 Å². The van der Waals surface area contributed by atoms with Crippen molar-refractivity contribution in [2.24, 2.45) is 5.92 Å². The van der Waals surface area contributed by atoms with E-state index in [0.717, 1.165) is 12.8 Å². The molecule has 0 aromatic rings. The summed E-state index contributed by atoms with van der Waals surface area (Å²) < 4.78 is 0. The first-order valence-electron chi connectivity index (χ1n) is 6.55. The van der Waals surface area contributed by atoms with Crippen molar-refractivity contribution in [1.29, 1.82) is 0 Å². The highest BCUT2D eigenvalue weighted by Gasteiger charge is 2.00. The molecule has 0 aromatic carbocycles. The normalized spacial score (nSPS) is 14.4. The zero-order valence-corrected chi connectivity index (χ0v) is 12.2. The molecule has 0 saturated carbocycles. The summed E-state index contributed by atoms with van der Waals surface area (Å²) in [6.07, 6.45) is 12.2. The van der Waals surface area contributed by atoms with Crippen molar-refractivity contribution in [3.63, 3.8) is 0 Å². The van der Waals surface area contributed by atoms with E-state index in [-0.39, 0.29) is 0 Å². The fourth-order valence-electron chi connectivity index (χ4n) is 1.69. The summed E-state index contributed by atoms with van der Waals surface area (Å²) in [6, 6.07) is 0. The maximum absolute atomic E-state index is 3.74. The lowest BCUT2D eigenvalue weighted by Gasteiger charge is -2.09. The predicted molar refractivity (Wildman–Crippen MR) is 80.2 cm³/mol. The molecular formula is C17H28. The highest BCUT2D eigenvalue weighted by Crippen LogP contribution is 2.17. The van der Waals surface area contributed by atoms with Gasteiger partial charge in [-0.3, -0.25) is 0 Å². The number of allylic oxidation sites excluding steroid dienone is 7. The first-order valence-corrected chi connectivity index (χ1v) is 6.55. The van der Waals surface area contributed by atoms with Crippen LogP contribution in [0.4, 0.5) is 0 Å². The van der Waals surface area contributed by atoms with Gasteiger partial charge in [-0.25, -0.2) is 0 Å². The van der Waals surface area contributed by atoms with E-state index in [1.807, 2.05) is 6.08 Å². The van der Waals surface area contributed by atoms with Crippen LogP contribution < -0.4 is 0 Å². The highest BCUT2D eigenvalue weighted by molar-refractivity contribution is 5.14. The van der Waals surface area contributed by atoms with Crippen molar-refractivity contribution in [2.45, 2.75) is 53.9 Å². The summed E-state index contributed by atoms with van der Waals surface area (Å²) in [6.45, 7) is 14.8. The lowest BCUT2D eigenvalue weighted by atomic mass is 9.97. The molecule has 0 radical (unpaired) electrons. The number of hydrogen-bond acceptors (Lipinski definition) is 0. The Bertz CT molecular complexity index is 309. The first-order chi connectivity index (χ1) is 7.97. The fourth-order valence-corrected chi connectivity index (χ4v) is 1.69. The lowest BCUT2D eigenvalue weighted by molar-refractivity contribution is 0.827. The Morgan fingerprint density at radius 1 is 1.12 bits per heavy atom. The van der Waals surface area contributed by atoms with Crippen molar-refractivity contribution in [3.8, 4) is 0 Å². The van der Waals surface area contributed by atoms with Crippen molar-refractivity contribution < 1.29 is 0 Å². The molecule has 0 aromatic heterocycles. The molecular weight excluding hydrogens is 204 g/mol. The van der Waals surface area contributed by atoms with E-state index in [9.17, 15) is 0 Å². The van der Waals surface area contributed by atoms with Crippen LogP contribution in [-0.2, 0) is 0 Å². The van der Waals surface area contributed by atoms with Crippen molar-refractivity contribution in [1.82, 2.24) is 0 Å². The molecule has 0 aliphatic carbocycles. The third-order valence-electron chi connectivity index (χ3n) is 2.95. The molecule has 0 nitrogen and oxygen atoms in total. The van der Waals surface area contributed by atoms with Gasteiger partial charge in [-0.1, -0.05) is 47.9 Å². The van der Waals surface area contributed by atoms with Gasteiger partial charge >= 0.3 is 0 Å². The minimum Gasteiger partial charge on any atom is -0.103 e. The van der Waals surface area contributed by atoms with Gasteiger partial charge in [0.15, 0.2) is 0 Å². The van der Waals surface area contributed by atoms with Crippen molar-refractivity contribution in [2.75, 3.05) is 0 Å². The third kappa shape index (κ3) is 8.74. The van der Waals surface area contributed by atoms with Crippen LogP contribution >= 0.6 is 0 Å². The molecule has 0 N–H and O–H groups in total. The van der Waals surface area contributed by atoms with Gasteiger partial charge in [-0.15, -0.1) is 6.58 Å². The highest BCUT2D eigenvalue weighted by atomic mass is 14.1. The third-order valence-corrected chi connectivity index (χ3v) is 2.95. The predicted octanol–water partition coefficient (Wildman–Crippen LogP) is 5.84. The lowest BCUT2D eigenvalue weighted by Crippen LogP contribution is -1.93. The van der Waals surface area contributed by atoms with Crippen LogP contribution in [0.3, 0.4) is 0 Å². The molecule has 1 atom stereocenters. The molecule has 17 heavy (non-hydrogen) atoms. The summed E-state index contributed by atoms with van der Waals surface area (Å²) >= 11 is 0. The Kier molecular flexibility index (Phi) is 8.49. The van der Waals surface area contributed by atoms with Gasteiger partial charge in [0.05, 0.1) is 0 Å². The van der Waals surface area contributed by atoms with E-state index >= 15 is 0 Å². The molecule has 0 aliphatic heterocycles. The second-order valence-electron chi connectivity index (χ2n) is 5.09. The Hall–Kier alpha value is -1.04. The van der Waals surface area contributed by atoms with Crippen LogP contribution in [0, 0.1) is 5.92 Å². The smallest absolute Gasteiger partial charge is 0.00517 e. The van der Waals surface area contributed by atoms with E-state index in [2.05, 4.69) is 59.4 Å². The monoisotopic (exact) mass is 232 g/mol. The van der Waals surface area contributed by atoms with Crippen LogP contribution in [0.2, 0.25) is 0 Å². The second kappa shape index (κ2) is 9.04. The van der Waals surface area contributed by atoms with Gasteiger partial charge in [0.25, 0.3) is 0 Å². The molecule has 0 fully saturated rings. The van der Waals surface area contributed by atoms with Crippen LogP contribution in [-0.4, -0.2) is 0 Å². The molecule has 0 bridgehead atoms. The van der Waals surface area contributed by atoms with E-state index in [1.165, 1.54) is 23.1 Å². The maximum Gasteiger partial charge on any atom is -0.00517 e. The molecule has 0 heterocycles. The first kappa shape index (κ1) is 16.0. The molecule has 96 valence electrons. The van der Waals surface area contributed by atoms with Crippen molar-refractivity contribution >= 4 is 0 Å². The topological polar surface area (TPSA) is 0 Å². The minimum atomic E-state index is 0.543. The summed E-state index contributed by atoms with van der Waals surface area (Å²) in [4.78, 5) is 0. The van der Waals surface area contributed by atoms with Gasteiger partial charge in [-0.2, -0.15) is 0 Å². The Labute approximate surface area is 108 Å². The van der Waals surface area contributed by atoms with E-state index in [1.54, 1.807) is 0 Å². The maximum atomic E-state index is 3.74. The summed E-state index contributed by atoms with van der Waals surface area (Å²) in [5.41, 5.74) is 4.33. The van der Waals surface area contributed by atoms with Crippen LogP contribution in [0.15, 0.2) is 47.6 Å². The van der Waals surface area contributed by atoms with Gasteiger partial charge in [0.1, 0.15) is 0 Å². The molecule has 0 amide bonds. The van der Waals surface area contributed by atoms with Crippen LogP contribution in [0.1, 0.15) is 53.9 Å². The zero-order chi connectivity index (χ0) is 13.3. The molecule has 0 saturated heterocycles. The Morgan fingerprint density at radius 3 is 2.29 bits per heavy atom. The van der Waals surface area contributed by atoms with Crippen LogP contribution in [0.5, 0.6) is 0 Å². The average Bonchev–Trinajstić information content (AvgIpc) is 2.25. The fraction of sp³-hybridized carbons (Fsp3) is 0.529. The minimum absolute atomic E-state index is 0.543. The summed E-state index contributed by atoms with van der Waals surface area (Å²) in [5, 5.41) is 0. The van der Waals surface area contributed by atoms with Gasteiger partial charge in [0, 0.05) is 0 Å². The number of rotatable bonds is 7. The van der Waals surface area contributed by atoms with Gasteiger partial charge in [0.2, 0.25) is 0 Å². The Balaban J connectivity index is 4.27. The summed E-state index contributed by atoms with van der Waals surface area (Å²) in [5.74, 6) is 0.543. The van der Waals surface area contributed by atoms with E-state index < -0.39 is 0 Å². The SMILES string of the molecule is C=CCC=C(C)C(C)C=C(C)CCC=C(C)C. The summed E-state index contributed by atoms with van der Waals surface area (Å²) in [7, 11) is 0. The molecule has 0 heteroatoms. The molecule has 0 aliphatic rings.